The molecule has 0 aromatic carbocycles. The van der Waals surface area contributed by atoms with Crippen molar-refractivity contribution in [3.8, 4) is 0 Å². The minimum Gasteiger partial charge on any atom is -0.353 e. The van der Waals surface area contributed by atoms with E-state index in [9.17, 15) is 4.79 Å². The number of carbonyl (C=O) groups is 1. The summed E-state index contributed by atoms with van der Waals surface area (Å²) < 4.78 is 0. The van der Waals surface area contributed by atoms with E-state index in [1.807, 2.05) is 13.8 Å². The first-order valence-electron chi connectivity index (χ1n) is 5.71. The van der Waals surface area contributed by atoms with Crippen LogP contribution in [0.5, 0.6) is 0 Å². The maximum atomic E-state index is 11.5. The topological polar surface area (TPSA) is 41.1 Å². The van der Waals surface area contributed by atoms with Crippen molar-refractivity contribution in [1.29, 1.82) is 0 Å². The van der Waals surface area contributed by atoms with Gasteiger partial charge in [-0.15, -0.1) is 0 Å². The lowest BCUT2D eigenvalue weighted by molar-refractivity contribution is -0.124. The lowest BCUT2D eigenvalue weighted by Crippen LogP contribution is -2.48. The van der Waals surface area contributed by atoms with Crippen molar-refractivity contribution in [3.63, 3.8) is 0 Å². The Morgan fingerprint density at radius 1 is 1.29 bits per heavy atom. The lowest BCUT2D eigenvalue weighted by Gasteiger charge is -2.30. The van der Waals surface area contributed by atoms with Gasteiger partial charge >= 0.3 is 0 Å². The van der Waals surface area contributed by atoms with E-state index in [0.29, 0.717) is 18.1 Å². The van der Waals surface area contributed by atoms with Gasteiger partial charge < -0.3 is 10.6 Å². The summed E-state index contributed by atoms with van der Waals surface area (Å²) in [6.07, 6.45) is 4.82. The molecule has 0 saturated carbocycles. The molecule has 2 atom stereocenters. The van der Waals surface area contributed by atoms with Gasteiger partial charge in [-0.1, -0.05) is 13.8 Å². The molecule has 2 bridgehead atoms. The van der Waals surface area contributed by atoms with E-state index in [-0.39, 0.29) is 11.8 Å². The number of rotatable bonds is 2. The number of hydrogen-bond acceptors (Lipinski definition) is 2. The van der Waals surface area contributed by atoms with Crippen molar-refractivity contribution in [1.82, 2.24) is 10.6 Å². The number of piperidine rings is 1. The van der Waals surface area contributed by atoms with Gasteiger partial charge in [-0.05, 0) is 25.7 Å². The molecule has 0 spiro atoms. The largest absolute Gasteiger partial charge is 0.353 e. The van der Waals surface area contributed by atoms with Gasteiger partial charge in [0.15, 0.2) is 0 Å². The summed E-state index contributed by atoms with van der Waals surface area (Å²) in [5.74, 6) is 0.318. The van der Waals surface area contributed by atoms with Crippen molar-refractivity contribution in [2.75, 3.05) is 0 Å². The molecule has 0 aromatic heterocycles. The molecule has 1 amide bonds. The molecule has 2 saturated heterocycles. The van der Waals surface area contributed by atoms with E-state index >= 15 is 0 Å². The molecule has 2 unspecified atom stereocenters. The van der Waals surface area contributed by atoms with Crippen LogP contribution in [-0.4, -0.2) is 24.0 Å². The third-order valence-electron chi connectivity index (χ3n) is 3.34. The molecule has 2 N–H and O–H groups in total. The molecule has 80 valence electrons. The molecule has 0 aromatic rings. The molecule has 3 nitrogen and oxygen atoms in total. The van der Waals surface area contributed by atoms with Crippen LogP contribution in [0.2, 0.25) is 0 Å². The monoisotopic (exact) mass is 196 g/mol. The molecule has 2 heterocycles. The van der Waals surface area contributed by atoms with Crippen LogP contribution in [0.3, 0.4) is 0 Å². The molecule has 14 heavy (non-hydrogen) atoms. The second-order valence-corrected chi connectivity index (χ2v) is 4.97. The number of amides is 1. The van der Waals surface area contributed by atoms with Crippen molar-refractivity contribution in [3.05, 3.63) is 0 Å². The fourth-order valence-corrected chi connectivity index (χ4v) is 2.54. The molecular formula is C11H20N2O. The third kappa shape index (κ3) is 2.08. The van der Waals surface area contributed by atoms with Crippen LogP contribution in [0.1, 0.15) is 39.5 Å². The van der Waals surface area contributed by atoms with Crippen molar-refractivity contribution in [2.45, 2.75) is 57.7 Å². The lowest BCUT2D eigenvalue weighted by atomic mass is 9.99. The minimum atomic E-state index is 0.113. The molecule has 0 aliphatic carbocycles. The summed E-state index contributed by atoms with van der Waals surface area (Å²) in [4.78, 5) is 11.5. The summed E-state index contributed by atoms with van der Waals surface area (Å²) in [5, 5.41) is 6.71. The van der Waals surface area contributed by atoms with Gasteiger partial charge in [0.25, 0.3) is 0 Å². The zero-order valence-electron chi connectivity index (χ0n) is 9.05. The fraction of sp³-hybridized carbons (Fsp3) is 0.909. The first-order chi connectivity index (χ1) is 6.65. The second kappa shape index (κ2) is 3.89. The molecule has 2 fully saturated rings. The Hall–Kier alpha value is -0.570. The Labute approximate surface area is 85.6 Å². The normalized spacial score (nSPS) is 36.1. The van der Waals surface area contributed by atoms with Crippen LogP contribution in [0.25, 0.3) is 0 Å². The van der Waals surface area contributed by atoms with Gasteiger partial charge in [-0.25, -0.2) is 0 Å². The second-order valence-electron chi connectivity index (χ2n) is 4.97. The van der Waals surface area contributed by atoms with Gasteiger partial charge in [-0.2, -0.15) is 0 Å². The first-order valence-corrected chi connectivity index (χ1v) is 5.71. The van der Waals surface area contributed by atoms with Gasteiger partial charge in [0.1, 0.15) is 0 Å². The quantitative estimate of drug-likeness (QED) is 0.693. The number of fused-ring (bicyclic) bond motifs is 2. The Balaban J connectivity index is 1.85. The van der Waals surface area contributed by atoms with E-state index in [1.165, 1.54) is 12.8 Å². The van der Waals surface area contributed by atoms with Crippen LogP contribution >= 0.6 is 0 Å². The van der Waals surface area contributed by atoms with Crippen LogP contribution in [0, 0.1) is 5.92 Å². The summed E-state index contributed by atoms with van der Waals surface area (Å²) in [7, 11) is 0. The predicted octanol–water partition coefficient (Wildman–Crippen LogP) is 1.04. The Morgan fingerprint density at radius 2 is 1.86 bits per heavy atom. The highest BCUT2D eigenvalue weighted by molar-refractivity contribution is 5.78. The van der Waals surface area contributed by atoms with E-state index in [1.54, 1.807) is 0 Å². The molecular weight excluding hydrogens is 176 g/mol. The Morgan fingerprint density at radius 3 is 2.36 bits per heavy atom. The standard InChI is InChI=1S/C11H20N2O/c1-7(2)11(14)13-10-5-8-3-4-9(6-10)12-8/h7-10,12H,3-6H2,1-2H3,(H,13,14). The maximum Gasteiger partial charge on any atom is 0.222 e. The molecule has 2 rings (SSSR count). The average molecular weight is 196 g/mol. The van der Waals surface area contributed by atoms with Crippen molar-refractivity contribution in [2.24, 2.45) is 5.92 Å². The zero-order chi connectivity index (χ0) is 10.1. The number of nitrogens with one attached hydrogen (secondary N) is 2. The van der Waals surface area contributed by atoms with Crippen LogP contribution in [-0.2, 0) is 4.79 Å². The number of hydrogen-bond donors (Lipinski definition) is 2. The van der Waals surface area contributed by atoms with E-state index in [4.69, 9.17) is 0 Å². The Kier molecular flexibility index (Phi) is 2.77. The van der Waals surface area contributed by atoms with Crippen LogP contribution < -0.4 is 10.6 Å². The summed E-state index contributed by atoms with van der Waals surface area (Å²) >= 11 is 0. The average Bonchev–Trinajstić information content (AvgIpc) is 2.45. The first kappa shape index (κ1) is 9.97. The minimum absolute atomic E-state index is 0.113. The molecule has 2 aliphatic rings. The van der Waals surface area contributed by atoms with E-state index in [2.05, 4.69) is 10.6 Å². The molecule has 3 heteroatoms. The summed E-state index contributed by atoms with van der Waals surface area (Å²) in [5.41, 5.74) is 0. The zero-order valence-corrected chi connectivity index (χ0v) is 9.05. The van der Waals surface area contributed by atoms with Gasteiger partial charge in [-0.3, -0.25) is 4.79 Å². The predicted molar refractivity (Wildman–Crippen MR) is 55.9 cm³/mol. The van der Waals surface area contributed by atoms with Gasteiger partial charge in [0.2, 0.25) is 5.91 Å². The molecule has 0 radical (unpaired) electrons. The van der Waals surface area contributed by atoms with Crippen molar-refractivity contribution >= 4 is 5.91 Å². The third-order valence-corrected chi connectivity index (χ3v) is 3.34. The van der Waals surface area contributed by atoms with E-state index in [0.717, 1.165) is 12.8 Å². The summed E-state index contributed by atoms with van der Waals surface area (Å²) in [6, 6.07) is 1.74. The maximum absolute atomic E-state index is 11.5. The van der Waals surface area contributed by atoms with Crippen LogP contribution in [0.15, 0.2) is 0 Å². The van der Waals surface area contributed by atoms with Crippen LogP contribution in [0.4, 0.5) is 0 Å². The summed E-state index contributed by atoms with van der Waals surface area (Å²) in [6.45, 7) is 3.90. The SMILES string of the molecule is CC(C)C(=O)NC1CC2CCC(C1)N2. The number of carbonyl (C=O) groups excluding carboxylic acids is 1. The highest BCUT2D eigenvalue weighted by Crippen LogP contribution is 2.26. The van der Waals surface area contributed by atoms with Gasteiger partial charge in [0, 0.05) is 24.0 Å². The van der Waals surface area contributed by atoms with Gasteiger partial charge in [0.05, 0.1) is 0 Å². The fourth-order valence-electron chi connectivity index (χ4n) is 2.54. The Bertz CT molecular complexity index is 215. The van der Waals surface area contributed by atoms with Crippen molar-refractivity contribution < 1.29 is 4.79 Å². The molecule has 2 aliphatic heterocycles. The highest BCUT2D eigenvalue weighted by atomic mass is 16.1. The van der Waals surface area contributed by atoms with E-state index < -0.39 is 0 Å². The smallest absolute Gasteiger partial charge is 0.222 e. The highest BCUT2D eigenvalue weighted by Gasteiger charge is 2.34.